The molecule has 0 saturated heterocycles. The van der Waals surface area contributed by atoms with Crippen LogP contribution in [-0.4, -0.2) is 11.7 Å². The fraction of sp³-hybridized carbons (Fsp3) is 0.429. The Morgan fingerprint density at radius 3 is 2.53 bits per heavy atom. The van der Waals surface area contributed by atoms with Crippen molar-refractivity contribution < 1.29 is 5.11 Å². The van der Waals surface area contributed by atoms with Crippen LogP contribution in [0.15, 0.2) is 12.1 Å². The van der Waals surface area contributed by atoms with Gasteiger partial charge in [0, 0.05) is 0 Å². The van der Waals surface area contributed by atoms with E-state index >= 15 is 0 Å². The van der Waals surface area contributed by atoms with Crippen molar-refractivity contribution in [3.8, 4) is 12.3 Å². The molecule has 1 nitrogen and oxygen atoms in total. The van der Waals surface area contributed by atoms with Gasteiger partial charge in [0.1, 0.15) is 0 Å². The molecule has 0 aliphatic rings. The lowest BCUT2D eigenvalue weighted by Crippen LogP contribution is -2.05. The van der Waals surface area contributed by atoms with Gasteiger partial charge in [-0.05, 0) is 42.5 Å². The van der Waals surface area contributed by atoms with Crippen LogP contribution in [0, 0.1) is 26.2 Å². The number of terminal acetylenes is 1. The largest absolute Gasteiger partial charge is 0.395 e. The molecule has 1 atom stereocenters. The average Bonchev–Trinajstić information content (AvgIpc) is 2.25. The van der Waals surface area contributed by atoms with Crippen molar-refractivity contribution in [2.75, 3.05) is 6.61 Å². The summed E-state index contributed by atoms with van der Waals surface area (Å²) in [5.41, 5.74) is 4.82. The van der Waals surface area contributed by atoms with E-state index in [1.807, 2.05) is 0 Å². The summed E-state index contributed by atoms with van der Waals surface area (Å²) < 4.78 is 0. The summed E-state index contributed by atoms with van der Waals surface area (Å²) in [5.74, 6) is 2.47. The second-order valence-electron chi connectivity index (χ2n) is 3.88. The molecule has 0 amide bonds. The van der Waals surface area contributed by atoms with Crippen LogP contribution in [0.25, 0.3) is 0 Å². The smallest absolute Gasteiger partial charge is 0.0683 e. The van der Waals surface area contributed by atoms with Crippen molar-refractivity contribution in [2.45, 2.75) is 33.1 Å². The summed E-state index contributed by atoms with van der Waals surface area (Å²) in [6.07, 6.45) is 6.41. The van der Waals surface area contributed by atoms with Crippen molar-refractivity contribution in [2.24, 2.45) is 0 Å². The molecule has 0 bridgehead atoms. The van der Waals surface area contributed by atoms with Crippen molar-refractivity contribution in [3.05, 3.63) is 34.4 Å². The monoisotopic (exact) mass is 202 g/mol. The highest BCUT2D eigenvalue weighted by molar-refractivity contribution is 5.42. The zero-order valence-electron chi connectivity index (χ0n) is 9.67. The standard InChI is InChI=1S/C14H18O/c1-5-12-7-10(3)11(4)14(8-12)13(6-2)9-15/h2,7-8,13,15H,5,9H2,1,3-4H3. The van der Waals surface area contributed by atoms with Crippen LogP contribution < -0.4 is 0 Å². The lowest BCUT2D eigenvalue weighted by molar-refractivity contribution is 0.286. The molecule has 0 aliphatic heterocycles. The van der Waals surface area contributed by atoms with Gasteiger partial charge in [-0.25, -0.2) is 0 Å². The Morgan fingerprint density at radius 2 is 2.07 bits per heavy atom. The summed E-state index contributed by atoms with van der Waals surface area (Å²) in [7, 11) is 0. The highest BCUT2D eigenvalue weighted by atomic mass is 16.3. The number of hydrogen-bond acceptors (Lipinski definition) is 1. The summed E-state index contributed by atoms with van der Waals surface area (Å²) in [4.78, 5) is 0. The average molecular weight is 202 g/mol. The minimum atomic E-state index is -0.171. The second kappa shape index (κ2) is 5.00. The normalized spacial score (nSPS) is 12.2. The molecular formula is C14H18O. The van der Waals surface area contributed by atoms with Gasteiger partial charge in [-0.15, -0.1) is 6.42 Å². The summed E-state index contributed by atoms with van der Waals surface area (Å²) in [6.45, 7) is 6.29. The molecule has 1 unspecified atom stereocenters. The van der Waals surface area contributed by atoms with Crippen LogP contribution >= 0.6 is 0 Å². The predicted molar refractivity (Wildman–Crippen MR) is 64.0 cm³/mol. The van der Waals surface area contributed by atoms with Gasteiger partial charge in [-0.3, -0.25) is 0 Å². The molecule has 0 spiro atoms. The molecule has 1 aromatic carbocycles. The fourth-order valence-corrected chi connectivity index (χ4v) is 1.77. The van der Waals surface area contributed by atoms with E-state index in [2.05, 4.69) is 38.8 Å². The molecule has 1 aromatic rings. The van der Waals surface area contributed by atoms with Gasteiger partial charge in [-0.1, -0.05) is 25.0 Å². The van der Waals surface area contributed by atoms with Crippen molar-refractivity contribution in [1.29, 1.82) is 0 Å². The van der Waals surface area contributed by atoms with Gasteiger partial charge in [0.2, 0.25) is 0 Å². The summed E-state index contributed by atoms with van der Waals surface area (Å²) >= 11 is 0. The number of benzene rings is 1. The third-order valence-corrected chi connectivity index (χ3v) is 2.93. The molecule has 0 saturated carbocycles. The van der Waals surface area contributed by atoms with Gasteiger partial charge in [0.15, 0.2) is 0 Å². The number of aryl methyl sites for hydroxylation is 2. The first-order chi connectivity index (χ1) is 7.13. The minimum Gasteiger partial charge on any atom is -0.395 e. The van der Waals surface area contributed by atoms with Crippen LogP contribution in [0.2, 0.25) is 0 Å². The molecule has 80 valence electrons. The topological polar surface area (TPSA) is 20.2 Å². The maximum absolute atomic E-state index is 9.22. The number of hydrogen-bond donors (Lipinski definition) is 1. The predicted octanol–water partition coefficient (Wildman–Crippen LogP) is 2.57. The second-order valence-corrected chi connectivity index (χ2v) is 3.88. The molecule has 15 heavy (non-hydrogen) atoms. The molecule has 0 aliphatic carbocycles. The van der Waals surface area contributed by atoms with E-state index in [4.69, 9.17) is 6.42 Å². The van der Waals surface area contributed by atoms with E-state index in [9.17, 15) is 5.11 Å². The zero-order valence-corrected chi connectivity index (χ0v) is 9.67. The van der Waals surface area contributed by atoms with E-state index in [0.717, 1.165) is 12.0 Å². The maximum atomic E-state index is 9.22. The Balaban J connectivity index is 3.27. The van der Waals surface area contributed by atoms with Crippen LogP contribution in [0.3, 0.4) is 0 Å². The molecule has 0 fully saturated rings. The first kappa shape index (κ1) is 11.8. The zero-order chi connectivity index (χ0) is 11.4. The van der Waals surface area contributed by atoms with E-state index in [1.165, 1.54) is 16.7 Å². The van der Waals surface area contributed by atoms with Crippen LogP contribution in [-0.2, 0) is 6.42 Å². The first-order valence-corrected chi connectivity index (χ1v) is 5.31. The molecule has 1 rings (SSSR count). The number of aliphatic hydroxyl groups excluding tert-OH is 1. The van der Waals surface area contributed by atoms with Crippen LogP contribution in [0.5, 0.6) is 0 Å². The lowest BCUT2D eigenvalue weighted by Gasteiger charge is -2.15. The minimum absolute atomic E-state index is 0.0178. The fourth-order valence-electron chi connectivity index (χ4n) is 1.77. The Kier molecular flexibility index (Phi) is 3.94. The Hall–Kier alpha value is -1.26. The van der Waals surface area contributed by atoms with E-state index < -0.39 is 0 Å². The van der Waals surface area contributed by atoms with Gasteiger partial charge >= 0.3 is 0 Å². The molecule has 1 N–H and O–H groups in total. The Morgan fingerprint density at radius 1 is 1.40 bits per heavy atom. The molecule has 0 aromatic heterocycles. The molecule has 0 heterocycles. The highest BCUT2D eigenvalue weighted by Gasteiger charge is 2.12. The Labute approximate surface area is 92.1 Å². The van der Waals surface area contributed by atoms with Crippen molar-refractivity contribution >= 4 is 0 Å². The van der Waals surface area contributed by atoms with Crippen molar-refractivity contribution in [1.82, 2.24) is 0 Å². The van der Waals surface area contributed by atoms with E-state index in [-0.39, 0.29) is 12.5 Å². The summed E-state index contributed by atoms with van der Waals surface area (Å²) in [6, 6.07) is 4.30. The van der Waals surface area contributed by atoms with Gasteiger partial charge in [0.05, 0.1) is 12.5 Å². The maximum Gasteiger partial charge on any atom is 0.0683 e. The van der Waals surface area contributed by atoms with Gasteiger partial charge in [-0.2, -0.15) is 0 Å². The first-order valence-electron chi connectivity index (χ1n) is 5.31. The Bertz CT molecular complexity index is 385. The SMILES string of the molecule is C#CC(CO)c1cc(CC)cc(C)c1C. The van der Waals surface area contributed by atoms with Gasteiger partial charge < -0.3 is 5.11 Å². The van der Waals surface area contributed by atoms with Crippen LogP contribution in [0.4, 0.5) is 0 Å². The third-order valence-electron chi connectivity index (χ3n) is 2.93. The quantitative estimate of drug-likeness (QED) is 0.747. The van der Waals surface area contributed by atoms with Crippen molar-refractivity contribution in [3.63, 3.8) is 0 Å². The highest BCUT2D eigenvalue weighted by Crippen LogP contribution is 2.24. The molecule has 1 heteroatoms. The molecular weight excluding hydrogens is 184 g/mol. The molecule has 0 radical (unpaired) electrons. The summed E-state index contributed by atoms with van der Waals surface area (Å²) in [5, 5.41) is 9.22. The third kappa shape index (κ3) is 2.40. The van der Waals surface area contributed by atoms with E-state index in [0.29, 0.717) is 0 Å². The lowest BCUT2D eigenvalue weighted by atomic mass is 9.90. The van der Waals surface area contributed by atoms with E-state index in [1.54, 1.807) is 0 Å². The van der Waals surface area contributed by atoms with Crippen LogP contribution in [0.1, 0.15) is 35.1 Å². The number of rotatable bonds is 3. The van der Waals surface area contributed by atoms with Gasteiger partial charge in [0.25, 0.3) is 0 Å². The number of aliphatic hydroxyl groups is 1.